The lowest BCUT2D eigenvalue weighted by molar-refractivity contribution is 0.122. The van der Waals surface area contributed by atoms with E-state index < -0.39 is 0 Å². The molecule has 1 saturated heterocycles. The highest BCUT2D eigenvalue weighted by atomic mass is 16.5. The molecule has 3 rings (SSSR count). The van der Waals surface area contributed by atoms with E-state index in [9.17, 15) is 0 Å². The number of morpholine rings is 1. The topological polar surface area (TPSA) is 68.4 Å². The zero-order chi connectivity index (χ0) is 20.8. The minimum absolute atomic E-state index is 0.322. The van der Waals surface area contributed by atoms with Gasteiger partial charge < -0.3 is 14.2 Å². The molecule has 3 heterocycles. The Kier molecular flexibility index (Phi) is 7.14. The first-order valence-electron chi connectivity index (χ1n) is 10.5. The molecule has 156 valence electrons. The van der Waals surface area contributed by atoms with Crippen LogP contribution in [0.15, 0.2) is 29.7 Å². The lowest BCUT2D eigenvalue weighted by Gasteiger charge is -2.27. The van der Waals surface area contributed by atoms with Crippen molar-refractivity contribution in [3.05, 3.63) is 30.4 Å². The third-order valence-electron chi connectivity index (χ3n) is 5.40. The quantitative estimate of drug-likeness (QED) is 0.488. The number of aliphatic imine (C=N–C) groups is 1. The summed E-state index contributed by atoms with van der Waals surface area (Å²) in [6.45, 7) is 15.5. The van der Waals surface area contributed by atoms with E-state index >= 15 is 0 Å². The summed E-state index contributed by atoms with van der Waals surface area (Å²) in [7, 11) is 0. The van der Waals surface area contributed by atoms with Crippen molar-refractivity contribution in [3.8, 4) is 0 Å². The Morgan fingerprint density at radius 1 is 1.31 bits per heavy atom. The number of hydrogen-bond donors (Lipinski definition) is 0. The fourth-order valence-corrected chi connectivity index (χ4v) is 3.16. The Balaban J connectivity index is 2.01. The van der Waals surface area contributed by atoms with Gasteiger partial charge in [0, 0.05) is 38.0 Å². The number of aromatic nitrogens is 4. The highest BCUT2D eigenvalue weighted by Gasteiger charge is 2.21. The van der Waals surface area contributed by atoms with Crippen molar-refractivity contribution in [2.45, 2.75) is 53.0 Å². The molecular formula is C22H32N6O. The number of ether oxygens (including phenoxy) is 1. The molecule has 0 amide bonds. The second kappa shape index (κ2) is 9.78. The predicted molar refractivity (Wildman–Crippen MR) is 120 cm³/mol. The highest BCUT2D eigenvalue weighted by molar-refractivity contribution is 5.86. The van der Waals surface area contributed by atoms with Crippen LogP contribution < -0.4 is 4.90 Å². The number of hydrogen-bond acceptors (Lipinski definition) is 6. The first-order chi connectivity index (χ1) is 14.0. The summed E-state index contributed by atoms with van der Waals surface area (Å²) < 4.78 is 7.64. The van der Waals surface area contributed by atoms with Crippen LogP contribution in [-0.4, -0.2) is 52.0 Å². The largest absolute Gasteiger partial charge is 0.378 e. The van der Waals surface area contributed by atoms with E-state index in [1.807, 2.05) is 25.7 Å². The van der Waals surface area contributed by atoms with Crippen LogP contribution in [0.5, 0.6) is 0 Å². The third kappa shape index (κ3) is 4.90. The van der Waals surface area contributed by atoms with Gasteiger partial charge in [0.1, 0.15) is 11.2 Å². The van der Waals surface area contributed by atoms with Gasteiger partial charge in [-0.3, -0.25) is 4.99 Å². The standard InChI is InChI=1S/C22H32N6O/c1-6-16(3)8-9-23-14-17(4)19-20-21(28(15-24-20)18(5)7-2)26-22(25-19)27-10-12-29-13-11-27/h9,14-15,18H,3,6-8,10-13H2,1-2,4-5H3/b17-14+,23-9?. The maximum atomic E-state index is 5.49. The van der Waals surface area contributed by atoms with Crippen molar-refractivity contribution in [2.24, 2.45) is 4.99 Å². The van der Waals surface area contributed by atoms with E-state index in [4.69, 9.17) is 14.7 Å². The molecule has 1 atom stereocenters. The zero-order valence-electron chi connectivity index (χ0n) is 18.1. The second-order valence-electron chi connectivity index (χ2n) is 7.50. The van der Waals surface area contributed by atoms with Crippen molar-refractivity contribution < 1.29 is 4.74 Å². The number of anilines is 1. The first kappa shape index (κ1) is 21.2. The lowest BCUT2D eigenvalue weighted by atomic mass is 10.2. The Morgan fingerprint density at radius 2 is 2.07 bits per heavy atom. The van der Waals surface area contributed by atoms with Crippen molar-refractivity contribution in [1.29, 1.82) is 0 Å². The van der Waals surface area contributed by atoms with Crippen LogP contribution in [0.25, 0.3) is 16.7 Å². The predicted octanol–water partition coefficient (Wildman–Crippen LogP) is 4.42. The normalized spacial score (nSPS) is 16.7. The number of fused-ring (bicyclic) bond motifs is 1. The van der Waals surface area contributed by atoms with Gasteiger partial charge in [-0.2, -0.15) is 4.98 Å². The Bertz CT molecular complexity index is 907. The van der Waals surface area contributed by atoms with Crippen molar-refractivity contribution in [3.63, 3.8) is 0 Å². The average molecular weight is 397 g/mol. The summed E-state index contributed by atoms with van der Waals surface area (Å²) in [6, 6.07) is 0.322. The van der Waals surface area contributed by atoms with Crippen LogP contribution in [-0.2, 0) is 4.74 Å². The van der Waals surface area contributed by atoms with Gasteiger partial charge in [-0.15, -0.1) is 0 Å². The molecule has 0 aliphatic carbocycles. The molecule has 1 aliphatic heterocycles. The summed E-state index contributed by atoms with van der Waals surface area (Å²) >= 11 is 0. The van der Waals surface area contributed by atoms with E-state index in [1.54, 1.807) is 0 Å². The molecule has 7 heteroatoms. The van der Waals surface area contributed by atoms with Crippen molar-refractivity contribution >= 4 is 28.9 Å². The Morgan fingerprint density at radius 3 is 2.76 bits per heavy atom. The number of imidazole rings is 1. The van der Waals surface area contributed by atoms with Gasteiger partial charge in [0.05, 0.1) is 19.5 Å². The van der Waals surface area contributed by atoms with Crippen molar-refractivity contribution in [2.75, 3.05) is 31.2 Å². The molecule has 29 heavy (non-hydrogen) atoms. The van der Waals surface area contributed by atoms with E-state index in [1.165, 1.54) is 5.57 Å². The average Bonchev–Trinajstić information content (AvgIpc) is 3.19. The summed E-state index contributed by atoms with van der Waals surface area (Å²) in [5.74, 6) is 0.733. The minimum atomic E-state index is 0.322. The van der Waals surface area contributed by atoms with E-state index in [-0.39, 0.29) is 0 Å². The number of nitrogens with zero attached hydrogens (tertiary/aromatic N) is 6. The van der Waals surface area contributed by atoms with Crippen LogP contribution >= 0.6 is 0 Å². The smallest absolute Gasteiger partial charge is 0.228 e. The second-order valence-corrected chi connectivity index (χ2v) is 7.50. The van der Waals surface area contributed by atoms with E-state index in [0.29, 0.717) is 19.3 Å². The molecule has 1 unspecified atom stereocenters. The van der Waals surface area contributed by atoms with Gasteiger partial charge in [0.15, 0.2) is 5.65 Å². The fourth-order valence-electron chi connectivity index (χ4n) is 3.16. The molecule has 7 nitrogen and oxygen atoms in total. The molecular weight excluding hydrogens is 364 g/mol. The highest BCUT2D eigenvalue weighted by Crippen LogP contribution is 2.27. The monoisotopic (exact) mass is 396 g/mol. The number of allylic oxidation sites excluding steroid dienone is 2. The Hall–Kier alpha value is -2.54. The Labute approximate surface area is 173 Å². The molecule has 1 aliphatic rings. The summed E-state index contributed by atoms with van der Waals surface area (Å²) in [6.07, 6.45) is 8.41. The molecule has 0 spiro atoms. The van der Waals surface area contributed by atoms with Gasteiger partial charge >= 0.3 is 0 Å². The molecule has 1 fully saturated rings. The summed E-state index contributed by atoms with van der Waals surface area (Å²) in [4.78, 5) is 21.1. The molecule has 0 radical (unpaired) electrons. The molecule has 0 bridgehead atoms. The van der Waals surface area contributed by atoms with Crippen molar-refractivity contribution in [1.82, 2.24) is 19.5 Å². The van der Waals surface area contributed by atoms with E-state index in [0.717, 1.165) is 60.7 Å². The van der Waals surface area contributed by atoms with E-state index in [2.05, 4.69) is 46.8 Å². The van der Waals surface area contributed by atoms with Gasteiger partial charge in [-0.05, 0) is 32.3 Å². The lowest BCUT2D eigenvalue weighted by Crippen LogP contribution is -2.37. The fraction of sp³-hybridized carbons (Fsp3) is 0.545. The van der Waals surface area contributed by atoms with Crippen LogP contribution in [0.3, 0.4) is 0 Å². The molecule has 0 saturated carbocycles. The molecule has 0 N–H and O–H groups in total. The van der Waals surface area contributed by atoms with Gasteiger partial charge in [-0.1, -0.05) is 26.0 Å². The third-order valence-corrected chi connectivity index (χ3v) is 5.40. The SMILES string of the molecule is C=C(CC)CC=N/C=C(\C)c1nc(N2CCOCC2)nc2c1ncn2C(C)CC. The minimum Gasteiger partial charge on any atom is -0.378 e. The molecule has 2 aromatic heterocycles. The van der Waals surface area contributed by atoms with Crippen LogP contribution in [0, 0.1) is 0 Å². The van der Waals surface area contributed by atoms with Gasteiger partial charge in [0.25, 0.3) is 0 Å². The van der Waals surface area contributed by atoms with Gasteiger partial charge in [-0.25, -0.2) is 9.97 Å². The van der Waals surface area contributed by atoms with Gasteiger partial charge in [0.2, 0.25) is 5.95 Å². The molecule has 2 aromatic rings. The van der Waals surface area contributed by atoms with Crippen LogP contribution in [0.1, 0.15) is 58.7 Å². The first-order valence-corrected chi connectivity index (χ1v) is 10.5. The summed E-state index contributed by atoms with van der Waals surface area (Å²) in [5, 5.41) is 0. The summed E-state index contributed by atoms with van der Waals surface area (Å²) in [5.41, 5.74) is 4.68. The zero-order valence-corrected chi connectivity index (χ0v) is 18.1. The maximum Gasteiger partial charge on any atom is 0.228 e. The number of rotatable bonds is 8. The maximum absolute atomic E-state index is 5.49. The van der Waals surface area contributed by atoms with Crippen LogP contribution in [0.4, 0.5) is 5.95 Å². The van der Waals surface area contributed by atoms with Crippen LogP contribution in [0.2, 0.25) is 0 Å². The molecule has 0 aromatic carbocycles.